The summed E-state index contributed by atoms with van der Waals surface area (Å²) in [6.45, 7) is 0.339. The highest BCUT2D eigenvalue weighted by Gasteiger charge is 2.13. The number of methoxy groups -OCH3 is 1. The van der Waals surface area contributed by atoms with Crippen molar-refractivity contribution in [1.82, 2.24) is 0 Å². The van der Waals surface area contributed by atoms with Crippen molar-refractivity contribution in [2.24, 2.45) is 5.73 Å². The molecule has 106 valence electrons. The summed E-state index contributed by atoms with van der Waals surface area (Å²) in [5, 5.41) is 1.03. The van der Waals surface area contributed by atoms with Crippen molar-refractivity contribution in [3.63, 3.8) is 0 Å². The summed E-state index contributed by atoms with van der Waals surface area (Å²) >= 11 is 12.0. The monoisotopic (exact) mass is 311 g/mol. The van der Waals surface area contributed by atoms with E-state index in [0.717, 1.165) is 11.3 Å². The topological polar surface area (TPSA) is 44.5 Å². The number of halogens is 2. The fraction of sp³-hybridized carbons (Fsp3) is 0.200. The van der Waals surface area contributed by atoms with Crippen LogP contribution in [0.1, 0.15) is 11.7 Å². The van der Waals surface area contributed by atoms with Crippen molar-refractivity contribution >= 4 is 23.2 Å². The van der Waals surface area contributed by atoms with Crippen molar-refractivity contribution in [1.29, 1.82) is 0 Å². The molecule has 5 heteroatoms. The van der Waals surface area contributed by atoms with E-state index in [0.29, 0.717) is 22.3 Å². The molecule has 0 amide bonds. The first-order chi connectivity index (χ1) is 9.63. The highest BCUT2D eigenvalue weighted by Crippen LogP contribution is 2.31. The van der Waals surface area contributed by atoms with Crippen LogP contribution in [0.4, 0.5) is 0 Å². The van der Waals surface area contributed by atoms with Gasteiger partial charge < -0.3 is 15.2 Å². The Morgan fingerprint density at radius 3 is 2.35 bits per heavy atom. The molecule has 0 radical (unpaired) electrons. The number of rotatable bonds is 5. The standard InChI is InChI=1S/C15H15Cl2NO2/c1-19-12-5-2-10(3-6-12)15(9-18)20-14-7-4-11(16)8-13(14)17/h2-8,15H,9,18H2,1H3. The summed E-state index contributed by atoms with van der Waals surface area (Å²) in [7, 11) is 1.62. The minimum Gasteiger partial charge on any atom is -0.497 e. The number of ether oxygens (including phenoxy) is 2. The van der Waals surface area contributed by atoms with Gasteiger partial charge in [0.15, 0.2) is 0 Å². The van der Waals surface area contributed by atoms with E-state index in [-0.39, 0.29) is 6.10 Å². The van der Waals surface area contributed by atoms with Crippen LogP contribution in [0.3, 0.4) is 0 Å². The van der Waals surface area contributed by atoms with Crippen LogP contribution in [0.5, 0.6) is 11.5 Å². The lowest BCUT2D eigenvalue weighted by Crippen LogP contribution is -2.18. The van der Waals surface area contributed by atoms with Gasteiger partial charge in [-0.2, -0.15) is 0 Å². The summed E-state index contributed by atoms with van der Waals surface area (Å²) in [6, 6.07) is 12.7. The minimum atomic E-state index is -0.278. The van der Waals surface area contributed by atoms with Gasteiger partial charge in [0.1, 0.15) is 17.6 Å². The Morgan fingerprint density at radius 2 is 1.80 bits per heavy atom. The van der Waals surface area contributed by atoms with E-state index in [4.69, 9.17) is 38.4 Å². The molecule has 2 aromatic rings. The summed E-state index contributed by atoms with van der Waals surface area (Å²) in [5.41, 5.74) is 6.74. The maximum atomic E-state index is 6.10. The Morgan fingerprint density at radius 1 is 1.10 bits per heavy atom. The average molecular weight is 312 g/mol. The molecule has 0 bridgehead atoms. The van der Waals surface area contributed by atoms with Gasteiger partial charge >= 0.3 is 0 Å². The summed E-state index contributed by atoms with van der Waals surface area (Å²) in [5.74, 6) is 1.34. The Hall–Kier alpha value is -1.42. The maximum Gasteiger partial charge on any atom is 0.139 e. The molecule has 1 unspecified atom stereocenters. The molecule has 2 aromatic carbocycles. The summed E-state index contributed by atoms with van der Waals surface area (Å²) in [6.07, 6.45) is -0.278. The van der Waals surface area contributed by atoms with Gasteiger partial charge in [-0.05, 0) is 35.9 Å². The zero-order valence-corrected chi connectivity index (χ0v) is 12.5. The maximum absolute atomic E-state index is 6.10. The molecule has 0 heterocycles. The molecular weight excluding hydrogens is 297 g/mol. The van der Waals surface area contributed by atoms with Crippen LogP contribution in [0.15, 0.2) is 42.5 Å². The lowest BCUT2D eigenvalue weighted by molar-refractivity contribution is 0.214. The van der Waals surface area contributed by atoms with Gasteiger partial charge in [-0.3, -0.25) is 0 Å². The second-order valence-corrected chi connectivity index (χ2v) is 5.03. The molecule has 0 saturated carbocycles. The third-order valence-corrected chi connectivity index (χ3v) is 3.40. The number of hydrogen-bond donors (Lipinski definition) is 1. The Labute approximate surface area is 128 Å². The number of nitrogens with two attached hydrogens (primary N) is 1. The van der Waals surface area contributed by atoms with E-state index in [1.54, 1.807) is 25.3 Å². The second-order valence-electron chi connectivity index (χ2n) is 4.19. The normalized spacial score (nSPS) is 12.0. The van der Waals surface area contributed by atoms with E-state index in [9.17, 15) is 0 Å². The first kappa shape index (κ1) is 15.0. The molecule has 0 saturated heterocycles. The SMILES string of the molecule is COc1ccc(C(CN)Oc2ccc(Cl)cc2Cl)cc1. The third-order valence-electron chi connectivity index (χ3n) is 2.86. The highest BCUT2D eigenvalue weighted by atomic mass is 35.5. The average Bonchev–Trinajstić information content (AvgIpc) is 2.47. The molecule has 2 rings (SSSR count). The van der Waals surface area contributed by atoms with Gasteiger partial charge in [-0.1, -0.05) is 35.3 Å². The Bertz CT molecular complexity index is 573. The van der Waals surface area contributed by atoms with Crippen LogP contribution in [-0.2, 0) is 0 Å². The molecule has 0 aliphatic carbocycles. The second kappa shape index (κ2) is 6.84. The van der Waals surface area contributed by atoms with E-state index in [1.165, 1.54) is 0 Å². The van der Waals surface area contributed by atoms with Crippen LogP contribution in [0.2, 0.25) is 10.0 Å². The van der Waals surface area contributed by atoms with Crippen molar-refractivity contribution in [2.75, 3.05) is 13.7 Å². The van der Waals surface area contributed by atoms with Gasteiger partial charge in [0.25, 0.3) is 0 Å². The fourth-order valence-corrected chi connectivity index (χ4v) is 2.25. The van der Waals surface area contributed by atoms with Crippen molar-refractivity contribution in [3.8, 4) is 11.5 Å². The predicted molar refractivity (Wildman–Crippen MR) is 81.9 cm³/mol. The number of benzene rings is 2. The van der Waals surface area contributed by atoms with Crippen LogP contribution < -0.4 is 15.2 Å². The van der Waals surface area contributed by atoms with Crippen LogP contribution in [0, 0.1) is 0 Å². The lowest BCUT2D eigenvalue weighted by Gasteiger charge is -2.19. The molecule has 2 N–H and O–H groups in total. The molecule has 0 aliphatic rings. The smallest absolute Gasteiger partial charge is 0.139 e. The van der Waals surface area contributed by atoms with Gasteiger partial charge in [-0.15, -0.1) is 0 Å². The van der Waals surface area contributed by atoms with Crippen LogP contribution in [0.25, 0.3) is 0 Å². The van der Waals surface area contributed by atoms with E-state index in [1.807, 2.05) is 24.3 Å². The predicted octanol–water partition coefficient (Wildman–Crippen LogP) is 4.08. The molecule has 0 spiro atoms. The quantitative estimate of drug-likeness (QED) is 0.904. The van der Waals surface area contributed by atoms with Crippen molar-refractivity contribution in [3.05, 3.63) is 58.1 Å². The molecule has 0 fully saturated rings. The van der Waals surface area contributed by atoms with Crippen molar-refractivity contribution < 1.29 is 9.47 Å². The van der Waals surface area contributed by atoms with E-state index in [2.05, 4.69) is 0 Å². The molecule has 0 aliphatic heterocycles. The Balaban J connectivity index is 2.19. The van der Waals surface area contributed by atoms with E-state index >= 15 is 0 Å². The molecular formula is C15H15Cl2NO2. The van der Waals surface area contributed by atoms with Crippen LogP contribution in [-0.4, -0.2) is 13.7 Å². The van der Waals surface area contributed by atoms with Gasteiger partial charge in [0, 0.05) is 11.6 Å². The lowest BCUT2D eigenvalue weighted by atomic mass is 10.1. The van der Waals surface area contributed by atoms with Gasteiger partial charge in [-0.25, -0.2) is 0 Å². The molecule has 0 aromatic heterocycles. The third kappa shape index (κ3) is 3.57. The minimum absolute atomic E-state index is 0.278. The van der Waals surface area contributed by atoms with Crippen molar-refractivity contribution in [2.45, 2.75) is 6.10 Å². The first-order valence-electron chi connectivity index (χ1n) is 6.09. The summed E-state index contributed by atoms with van der Waals surface area (Å²) in [4.78, 5) is 0. The Kier molecular flexibility index (Phi) is 5.12. The largest absolute Gasteiger partial charge is 0.497 e. The zero-order valence-electron chi connectivity index (χ0n) is 11.0. The zero-order chi connectivity index (χ0) is 14.5. The van der Waals surface area contributed by atoms with Gasteiger partial charge in [0.2, 0.25) is 0 Å². The van der Waals surface area contributed by atoms with Gasteiger partial charge in [0.05, 0.1) is 12.1 Å². The molecule has 3 nitrogen and oxygen atoms in total. The number of hydrogen-bond acceptors (Lipinski definition) is 3. The first-order valence-corrected chi connectivity index (χ1v) is 6.85. The van der Waals surface area contributed by atoms with E-state index < -0.39 is 0 Å². The fourth-order valence-electron chi connectivity index (χ4n) is 1.79. The van der Waals surface area contributed by atoms with Crippen LogP contribution >= 0.6 is 23.2 Å². The summed E-state index contributed by atoms with van der Waals surface area (Å²) < 4.78 is 11.0. The molecule has 1 atom stereocenters. The molecule has 20 heavy (non-hydrogen) atoms. The highest BCUT2D eigenvalue weighted by molar-refractivity contribution is 6.35.